The van der Waals surface area contributed by atoms with Crippen LogP contribution >= 0.6 is 0 Å². The van der Waals surface area contributed by atoms with Gasteiger partial charge in [-0.05, 0) is 18.8 Å². The van der Waals surface area contributed by atoms with Crippen LogP contribution in [0.5, 0.6) is 0 Å². The Morgan fingerprint density at radius 2 is 2.35 bits per heavy atom. The van der Waals surface area contributed by atoms with E-state index >= 15 is 0 Å². The van der Waals surface area contributed by atoms with Gasteiger partial charge in [0.25, 0.3) is 0 Å². The van der Waals surface area contributed by atoms with Crippen molar-refractivity contribution in [1.29, 1.82) is 5.26 Å². The molecule has 2 rings (SSSR count). The molecule has 1 atom stereocenters. The molecule has 5 nitrogen and oxygen atoms in total. The van der Waals surface area contributed by atoms with E-state index < -0.39 is 5.41 Å². The van der Waals surface area contributed by atoms with Gasteiger partial charge in [-0.15, -0.1) is 0 Å². The lowest BCUT2D eigenvalue weighted by Crippen LogP contribution is -2.57. The minimum absolute atomic E-state index is 0.108. The maximum Gasteiger partial charge on any atom is 0.243 e. The summed E-state index contributed by atoms with van der Waals surface area (Å²) in [5, 5.41) is 18.5. The largest absolute Gasteiger partial charge is 0.394 e. The molecular formula is C12H18N2O3. The van der Waals surface area contributed by atoms with E-state index in [1.807, 2.05) is 6.92 Å². The van der Waals surface area contributed by atoms with Gasteiger partial charge in [-0.1, -0.05) is 6.92 Å². The van der Waals surface area contributed by atoms with Gasteiger partial charge in [0, 0.05) is 6.54 Å². The van der Waals surface area contributed by atoms with Crippen LogP contribution in [0.25, 0.3) is 0 Å². The minimum atomic E-state index is -0.843. The molecule has 0 aromatic rings. The Hall–Kier alpha value is -1.12. The van der Waals surface area contributed by atoms with Crippen LogP contribution in [0.15, 0.2) is 0 Å². The highest BCUT2D eigenvalue weighted by atomic mass is 16.5. The second-order valence-electron chi connectivity index (χ2n) is 5.12. The Balaban J connectivity index is 2.10. The number of aliphatic hydroxyl groups excluding tert-OH is 1. The summed E-state index contributed by atoms with van der Waals surface area (Å²) in [6, 6.07) is 1.88. The van der Waals surface area contributed by atoms with Crippen LogP contribution in [-0.4, -0.2) is 48.3 Å². The number of morpholine rings is 1. The van der Waals surface area contributed by atoms with E-state index in [0.717, 1.165) is 0 Å². The zero-order valence-electron chi connectivity index (χ0n) is 10.1. The molecule has 2 aliphatic rings. The van der Waals surface area contributed by atoms with Crippen molar-refractivity contribution in [2.24, 2.45) is 11.3 Å². The van der Waals surface area contributed by atoms with E-state index in [-0.39, 0.29) is 18.6 Å². The Morgan fingerprint density at radius 3 is 2.88 bits per heavy atom. The lowest BCUT2D eigenvalue weighted by atomic mass is 9.62. The van der Waals surface area contributed by atoms with Gasteiger partial charge >= 0.3 is 0 Å². The molecule has 1 saturated carbocycles. The van der Waals surface area contributed by atoms with E-state index in [0.29, 0.717) is 38.5 Å². The number of carbonyl (C=O) groups excluding carboxylic acids is 1. The van der Waals surface area contributed by atoms with Crippen molar-refractivity contribution < 1.29 is 14.6 Å². The summed E-state index contributed by atoms with van der Waals surface area (Å²) >= 11 is 0. The van der Waals surface area contributed by atoms with Crippen LogP contribution < -0.4 is 0 Å². The molecule has 1 saturated heterocycles. The van der Waals surface area contributed by atoms with Crippen LogP contribution in [0, 0.1) is 22.7 Å². The van der Waals surface area contributed by atoms with Gasteiger partial charge in [0.05, 0.1) is 31.9 Å². The van der Waals surface area contributed by atoms with Gasteiger partial charge < -0.3 is 14.7 Å². The number of carbonyl (C=O) groups is 1. The van der Waals surface area contributed by atoms with Gasteiger partial charge in [0.1, 0.15) is 5.41 Å². The molecule has 1 unspecified atom stereocenters. The van der Waals surface area contributed by atoms with Gasteiger partial charge in [-0.3, -0.25) is 4.79 Å². The van der Waals surface area contributed by atoms with Crippen LogP contribution in [0.2, 0.25) is 0 Å². The maximum atomic E-state index is 12.4. The number of rotatable bonds is 2. The van der Waals surface area contributed by atoms with Crippen molar-refractivity contribution in [3.8, 4) is 6.07 Å². The van der Waals surface area contributed by atoms with Gasteiger partial charge in [-0.2, -0.15) is 5.26 Å². The molecule has 1 aliphatic carbocycles. The Bertz CT molecular complexity index is 344. The average Bonchev–Trinajstić information content (AvgIpc) is 2.33. The van der Waals surface area contributed by atoms with E-state index in [1.165, 1.54) is 0 Å². The van der Waals surface area contributed by atoms with Crippen LogP contribution in [0.1, 0.15) is 19.8 Å². The maximum absolute atomic E-state index is 12.4. The lowest BCUT2D eigenvalue weighted by molar-refractivity contribution is -0.155. The fourth-order valence-corrected chi connectivity index (χ4v) is 2.79. The molecule has 0 spiro atoms. The summed E-state index contributed by atoms with van der Waals surface area (Å²) < 4.78 is 5.24. The summed E-state index contributed by atoms with van der Waals surface area (Å²) in [6.45, 7) is 3.26. The summed E-state index contributed by atoms with van der Waals surface area (Å²) in [7, 11) is 0. The topological polar surface area (TPSA) is 73.6 Å². The highest BCUT2D eigenvalue weighted by molar-refractivity contribution is 5.87. The molecule has 1 aliphatic heterocycles. The highest BCUT2D eigenvalue weighted by Crippen LogP contribution is 2.46. The standard InChI is InChI=1S/C12H18N2O3/c1-9-4-12(5-9,8-13)11(16)14-2-3-17-7-10(14)6-15/h9-10,15H,2-7H2,1H3. The van der Waals surface area contributed by atoms with Crippen molar-refractivity contribution in [1.82, 2.24) is 4.90 Å². The molecule has 0 aromatic heterocycles. The normalized spacial score (nSPS) is 37.1. The zero-order valence-corrected chi connectivity index (χ0v) is 10.1. The molecule has 2 fully saturated rings. The monoisotopic (exact) mass is 238 g/mol. The fraction of sp³-hybridized carbons (Fsp3) is 0.833. The minimum Gasteiger partial charge on any atom is -0.394 e. The van der Waals surface area contributed by atoms with E-state index in [9.17, 15) is 15.2 Å². The molecular weight excluding hydrogens is 220 g/mol. The number of amides is 1. The van der Waals surface area contributed by atoms with Crippen molar-refractivity contribution in [3.63, 3.8) is 0 Å². The first-order valence-electron chi connectivity index (χ1n) is 6.04. The van der Waals surface area contributed by atoms with Crippen molar-refractivity contribution >= 4 is 5.91 Å². The van der Waals surface area contributed by atoms with Crippen molar-refractivity contribution in [3.05, 3.63) is 0 Å². The second-order valence-corrected chi connectivity index (χ2v) is 5.12. The predicted molar refractivity (Wildman–Crippen MR) is 59.8 cm³/mol. The molecule has 0 bridgehead atoms. The second kappa shape index (κ2) is 4.63. The van der Waals surface area contributed by atoms with Gasteiger partial charge in [0.15, 0.2) is 0 Å². The van der Waals surface area contributed by atoms with Crippen LogP contribution in [0.4, 0.5) is 0 Å². The summed E-state index contributed by atoms with van der Waals surface area (Å²) in [6.07, 6.45) is 1.27. The SMILES string of the molecule is CC1CC(C#N)(C(=O)N2CCOCC2CO)C1. The fourth-order valence-electron chi connectivity index (χ4n) is 2.79. The van der Waals surface area contributed by atoms with Gasteiger partial charge in [-0.25, -0.2) is 0 Å². The number of ether oxygens (including phenoxy) is 1. The van der Waals surface area contributed by atoms with E-state index in [1.54, 1.807) is 4.90 Å². The molecule has 0 aromatic carbocycles. The summed E-state index contributed by atoms with van der Waals surface area (Å²) in [4.78, 5) is 14.0. The number of hydrogen-bond acceptors (Lipinski definition) is 4. The molecule has 1 heterocycles. The Kier molecular flexibility index (Phi) is 3.36. The van der Waals surface area contributed by atoms with Crippen molar-refractivity contribution in [2.45, 2.75) is 25.8 Å². The predicted octanol–water partition coefficient (Wildman–Crippen LogP) is 0.146. The molecule has 1 N–H and O–H groups in total. The molecule has 5 heteroatoms. The first-order chi connectivity index (χ1) is 8.13. The molecule has 0 radical (unpaired) electrons. The first-order valence-corrected chi connectivity index (χ1v) is 6.04. The lowest BCUT2D eigenvalue weighted by Gasteiger charge is -2.45. The third kappa shape index (κ3) is 2.03. The van der Waals surface area contributed by atoms with E-state index in [2.05, 4.69) is 6.07 Å². The van der Waals surface area contributed by atoms with Crippen LogP contribution in [0.3, 0.4) is 0 Å². The first kappa shape index (κ1) is 12.3. The quantitative estimate of drug-likeness (QED) is 0.743. The third-order valence-corrected chi connectivity index (χ3v) is 3.72. The third-order valence-electron chi connectivity index (χ3n) is 3.72. The smallest absolute Gasteiger partial charge is 0.243 e. The Labute approximate surface area is 101 Å². The van der Waals surface area contributed by atoms with Crippen molar-refractivity contribution in [2.75, 3.05) is 26.4 Å². The number of nitrogens with zero attached hydrogens (tertiary/aromatic N) is 2. The number of aliphatic hydroxyl groups is 1. The molecule has 94 valence electrons. The van der Waals surface area contributed by atoms with Gasteiger partial charge in [0.2, 0.25) is 5.91 Å². The average molecular weight is 238 g/mol. The number of nitriles is 1. The highest BCUT2D eigenvalue weighted by Gasteiger charge is 2.51. The van der Waals surface area contributed by atoms with Crippen LogP contribution in [-0.2, 0) is 9.53 Å². The summed E-state index contributed by atoms with van der Waals surface area (Å²) in [5.74, 6) is 0.313. The Morgan fingerprint density at radius 1 is 1.65 bits per heavy atom. The number of hydrogen-bond donors (Lipinski definition) is 1. The molecule has 1 amide bonds. The van der Waals surface area contributed by atoms with E-state index in [4.69, 9.17) is 4.74 Å². The molecule has 17 heavy (non-hydrogen) atoms. The zero-order chi connectivity index (χ0) is 12.5. The summed E-state index contributed by atoms with van der Waals surface area (Å²) in [5.41, 5.74) is -0.843.